The van der Waals surface area contributed by atoms with E-state index >= 15 is 0 Å². The van der Waals surface area contributed by atoms with E-state index in [0.29, 0.717) is 12.5 Å². The van der Waals surface area contributed by atoms with Crippen molar-refractivity contribution in [2.75, 3.05) is 18.4 Å². The third-order valence-corrected chi connectivity index (χ3v) is 3.71. The number of hydrogen-bond acceptors (Lipinski definition) is 3. The van der Waals surface area contributed by atoms with E-state index in [4.69, 9.17) is 4.42 Å². The van der Waals surface area contributed by atoms with Crippen molar-refractivity contribution >= 4 is 41.5 Å². The Hall–Kier alpha value is -2.03. The number of nitrogens with one attached hydrogen (secondary N) is 3. The van der Waals surface area contributed by atoms with Crippen LogP contribution in [0.2, 0.25) is 0 Å². The molecule has 1 aromatic heterocycles. The molecule has 0 saturated heterocycles. The molecule has 1 aromatic carbocycles. The lowest BCUT2D eigenvalue weighted by molar-refractivity contribution is 0.0996. The number of halogens is 1. The van der Waals surface area contributed by atoms with Crippen LogP contribution in [0.4, 0.5) is 5.69 Å². The number of hydrogen-bond donors (Lipinski definition) is 3. The van der Waals surface area contributed by atoms with Crippen LogP contribution in [0.15, 0.2) is 52.1 Å². The molecular formula is C20H29IN4O2. The second-order valence-corrected chi connectivity index (χ2v) is 6.44. The molecule has 3 N–H and O–H groups in total. The molecule has 0 fully saturated rings. The van der Waals surface area contributed by atoms with Gasteiger partial charge in [-0.25, -0.2) is 4.99 Å². The van der Waals surface area contributed by atoms with Crippen LogP contribution in [0, 0.1) is 5.92 Å². The van der Waals surface area contributed by atoms with Crippen LogP contribution in [-0.2, 0) is 6.54 Å². The number of nitrogens with zero attached hydrogens (tertiary/aromatic N) is 1. The van der Waals surface area contributed by atoms with Crippen molar-refractivity contribution in [2.24, 2.45) is 10.9 Å². The van der Waals surface area contributed by atoms with E-state index in [1.807, 2.05) is 31.2 Å². The minimum absolute atomic E-state index is 0. The van der Waals surface area contributed by atoms with Gasteiger partial charge in [0.2, 0.25) is 0 Å². The van der Waals surface area contributed by atoms with Gasteiger partial charge < -0.3 is 20.4 Å². The molecule has 27 heavy (non-hydrogen) atoms. The zero-order valence-corrected chi connectivity index (χ0v) is 18.4. The summed E-state index contributed by atoms with van der Waals surface area (Å²) in [6.45, 7) is 8.68. The molecule has 0 radical (unpaired) electrons. The molecule has 0 spiro atoms. The summed E-state index contributed by atoms with van der Waals surface area (Å²) in [5.74, 6) is 1.48. The first-order chi connectivity index (χ1) is 12.6. The molecule has 148 valence electrons. The summed E-state index contributed by atoms with van der Waals surface area (Å²) in [6, 6.07) is 11.0. The molecule has 0 atom stereocenters. The smallest absolute Gasteiger partial charge is 0.291 e. The van der Waals surface area contributed by atoms with Crippen LogP contribution in [0.5, 0.6) is 0 Å². The Bertz CT molecular complexity index is 715. The predicted molar refractivity (Wildman–Crippen MR) is 121 cm³/mol. The first-order valence-electron chi connectivity index (χ1n) is 9.04. The maximum atomic E-state index is 12.1. The summed E-state index contributed by atoms with van der Waals surface area (Å²) >= 11 is 0. The summed E-state index contributed by atoms with van der Waals surface area (Å²) in [5.41, 5.74) is 1.74. The Morgan fingerprint density at radius 1 is 1.19 bits per heavy atom. The van der Waals surface area contributed by atoms with Crippen LogP contribution < -0.4 is 16.0 Å². The second kappa shape index (κ2) is 12.4. The number of benzene rings is 1. The molecule has 2 aromatic rings. The fourth-order valence-corrected chi connectivity index (χ4v) is 2.34. The zero-order valence-electron chi connectivity index (χ0n) is 16.1. The first-order valence-corrected chi connectivity index (χ1v) is 9.04. The van der Waals surface area contributed by atoms with E-state index < -0.39 is 0 Å². The lowest BCUT2D eigenvalue weighted by atomic mass is 10.1. The fourth-order valence-electron chi connectivity index (χ4n) is 2.34. The molecular weight excluding hydrogens is 455 g/mol. The first kappa shape index (κ1) is 23.0. The second-order valence-electron chi connectivity index (χ2n) is 6.44. The van der Waals surface area contributed by atoms with Crippen LogP contribution in [-0.4, -0.2) is 25.0 Å². The molecule has 7 heteroatoms. The van der Waals surface area contributed by atoms with Crippen molar-refractivity contribution in [3.05, 3.63) is 54.0 Å². The van der Waals surface area contributed by atoms with Gasteiger partial charge in [0.05, 0.1) is 12.8 Å². The standard InChI is InChI=1S/C20H28N4O2.HI/c1-4-21-20(22-11-10-15(2)3)23-14-16-7-5-8-17(13-16)24-19(25)18-9-6-12-26-18;/h5-9,12-13,15H,4,10-11,14H2,1-3H3,(H,24,25)(H2,21,22,23);1H. The number of amides is 1. The van der Waals surface area contributed by atoms with E-state index in [9.17, 15) is 4.79 Å². The number of carbonyl (C=O) groups excluding carboxylic acids is 1. The summed E-state index contributed by atoms with van der Waals surface area (Å²) in [5, 5.41) is 9.42. The van der Waals surface area contributed by atoms with Gasteiger partial charge in [-0.05, 0) is 49.1 Å². The largest absolute Gasteiger partial charge is 0.459 e. The van der Waals surface area contributed by atoms with E-state index in [0.717, 1.165) is 36.7 Å². The van der Waals surface area contributed by atoms with Crippen molar-refractivity contribution in [3.63, 3.8) is 0 Å². The minimum atomic E-state index is -0.264. The van der Waals surface area contributed by atoms with Gasteiger partial charge in [0, 0.05) is 18.8 Å². The number of furan rings is 1. The molecule has 1 heterocycles. The van der Waals surface area contributed by atoms with Gasteiger partial charge in [-0.1, -0.05) is 26.0 Å². The summed E-state index contributed by atoms with van der Waals surface area (Å²) < 4.78 is 5.11. The third-order valence-electron chi connectivity index (χ3n) is 3.71. The van der Waals surface area contributed by atoms with Gasteiger partial charge in [0.25, 0.3) is 5.91 Å². The Balaban J connectivity index is 0.00000364. The molecule has 0 saturated carbocycles. The molecule has 0 bridgehead atoms. The van der Waals surface area contributed by atoms with Gasteiger partial charge in [0.15, 0.2) is 11.7 Å². The van der Waals surface area contributed by atoms with Gasteiger partial charge in [0.1, 0.15) is 0 Å². The summed E-state index contributed by atoms with van der Waals surface area (Å²) in [7, 11) is 0. The monoisotopic (exact) mass is 484 g/mol. The quantitative estimate of drug-likeness (QED) is 0.298. The molecule has 0 aliphatic rings. The Morgan fingerprint density at radius 2 is 2.00 bits per heavy atom. The van der Waals surface area contributed by atoms with E-state index in [2.05, 4.69) is 34.8 Å². The van der Waals surface area contributed by atoms with Crippen molar-refractivity contribution in [3.8, 4) is 0 Å². The Morgan fingerprint density at radius 3 is 2.67 bits per heavy atom. The Labute approximate surface area is 178 Å². The molecule has 0 unspecified atom stereocenters. The van der Waals surface area contributed by atoms with Gasteiger partial charge in [-0.2, -0.15) is 0 Å². The average Bonchev–Trinajstić information content (AvgIpc) is 3.14. The predicted octanol–water partition coefficient (Wildman–Crippen LogP) is 4.25. The minimum Gasteiger partial charge on any atom is -0.459 e. The van der Waals surface area contributed by atoms with Crippen LogP contribution >= 0.6 is 24.0 Å². The maximum Gasteiger partial charge on any atom is 0.291 e. The highest BCUT2D eigenvalue weighted by Gasteiger charge is 2.08. The number of anilines is 1. The highest BCUT2D eigenvalue weighted by Crippen LogP contribution is 2.13. The van der Waals surface area contributed by atoms with E-state index in [-0.39, 0.29) is 35.6 Å². The Kier molecular flexibility index (Phi) is 10.5. The van der Waals surface area contributed by atoms with Gasteiger partial charge in [-0.3, -0.25) is 4.79 Å². The highest BCUT2D eigenvalue weighted by molar-refractivity contribution is 14.0. The number of carbonyl (C=O) groups is 1. The van der Waals surface area contributed by atoms with Crippen LogP contribution in [0.25, 0.3) is 0 Å². The summed E-state index contributed by atoms with van der Waals surface area (Å²) in [6.07, 6.45) is 2.58. The fraction of sp³-hybridized carbons (Fsp3) is 0.400. The van der Waals surface area contributed by atoms with Crippen LogP contribution in [0.1, 0.15) is 43.3 Å². The highest BCUT2D eigenvalue weighted by atomic mass is 127. The van der Waals surface area contributed by atoms with Crippen molar-refractivity contribution in [1.82, 2.24) is 10.6 Å². The number of aliphatic imine (C=N–C) groups is 1. The van der Waals surface area contributed by atoms with Crippen LogP contribution in [0.3, 0.4) is 0 Å². The van der Waals surface area contributed by atoms with Crippen molar-refractivity contribution in [2.45, 2.75) is 33.7 Å². The number of guanidine groups is 1. The summed E-state index contributed by atoms with van der Waals surface area (Å²) in [4.78, 5) is 16.7. The lowest BCUT2D eigenvalue weighted by Crippen LogP contribution is -2.38. The molecule has 2 rings (SSSR count). The van der Waals surface area contributed by atoms with Gasteiger partial charge >= 0.3 is 0 Å². The van der Waals surface area contributed by atoms with E-state index in [1.165, 1.54) is 6.26 Å². The van der Waals surface area contributed by atoms with E-state index in [1.54, 1.807) is 12.1 Å². The molecule has 1 amide bonds. The molecule has 6 nitrogen and oxygen atoms in total. The van der Waals surface area contributed by atoms with Crippen molar-refractivity contribution in [1.29, 1.82) is 0 Å². The zero-order chi connectivity index (χ0) is 18.8. The third kappa shape index (κ3) is 8.47. The normalized spacial score (nSPS) is 11.0. The van der Waals surface area contributed by atoms with Crippen molar-refractivity contribution < 1.29 is 9.21 Å². The molecule has 0 aliphatic carbocycles. The maximum absolute atomic E-state index is 12.1. The SMILES string of the molecule is CCNC(=NCc1cccc(NC(=O)c2ccco2)c1)NCCC(C)C.I. The lowest BCUT2D eigenvalue weighted by Gasteiger charge is -2.12. The number of rotatable bonds is 8. The average molecular weight is 484 g/mol. The van der Waals surface area contributed by atoms with Gasteiger partial charge in [-0.15, -0.1) is 24.0 Å². The topological polar surface area (TPSA) is 78.7 Å². The molecule has 0 aliphatic heterocycles.